The van der Waals surface area contributed by atoms with E-state index in [0.29, 0.717) is 17.8 Å². The van der Waals surface area contributed by atoms with Crippen LogP contribution in [0, 0.1) is 0 Å². The van der Waals surface area contributed by atoms with Gasteiger partial charge in [0.15, 0.2) is 0 Å². The molecule has 0 aliphatic carbocycles. The molecule has 0 spiro atoms. The SMILES string of the molecule is CCCNC(=O)c1ccccc1NC(=O)c1cccc(S(=O)(=O)NC)c1. The molecule has 0 aliphatic rings. The number of hydrogen-bond acceptors (Lipinski definition) is 4. The van der Waals surface area contributed by atoms with E-state index in [4.69, 9.17) is 0 Å². The van der Waals surface area contributed by atoms with E-state index < -0.39 is 15.9 Å². The number of carbonyl (C=O) groups excluding carboxylic acids is 2. The Hall–Kier alpha value is -2.71. The summed E-state index contributed by atoms with van der Waals surface area (Å²) in [4.78, 5) is 24.7. The molecule has 138 valence electrons. The predicted octanol–water partition coefficient (Wildman–Crippen LogP) is 1.99. The van der Waals surface area contributed by atoms with Crippen LogP contribution in [0.15, 0.2) is 53.4 Å². The lowest BCUT2D eigenvalue weighted by atomic mass is 10.1. The van der Waals surface area contributed by atoms with E-state index in [1.54, 1.807) is 24.3 Å². The first-order valence-electron chi connectivity index (χ1n) is 8.11. The van der Waals surface area contributed by atoms with Crippen LogP contribution in [0.25, 0.3) is 0 Å². The normalized spacial score (nSPS) is 11.0. The van der Waals surface area contributed by atoms with Crippen molar-refractivity contribution < 1.29 is 18.0 Å². The molecular weight excluding hydrogens is 354 g/mol. The van der Waals surface area contributed by atoms with Crippen molar-refractivity contribution in [2.75, 3.05) is 18.9 Å². The average molecular weight is 375 g/mol. The van der Waals surface area contributed by atoms with Gasteiger partial charge in [0.2, 0.25) is 10.0 Å². The fourth-order valence-electron chi connectivity index (χ4n) is 2.24. The van der Waals surface area contributed by atoms with Crippen molar-refractivity contribution in [2.24, 2.45) is 0 Å². The summed E-state index contributed by atoms with van der Waals surface area (Å²) < 4.78 is 26.0. The smallest absolute Gasteiger partial charge is 0.255 e. The number of sulfonamides is 1. The fourth-order valence-corrected chi connectivity index (χ4v) is 3.02. The highest BCUT2D eigenvalue weighted by Crippen LogP contribution is 2.17. The number of anilines is 1. The molecule has 0 heterocycles. The molecule has 26 heavy (non-hydrogen) atoms. The van der Waals surface area contributed by atoms with Crippen LogP contribution in [-0.2, 0) is 10.0 Å². The summed E-state index contributed by atoms with van der Waals surface area (Å²) in [5, 5.41) is 5.43. The van der Waals surface area contributed by atoms with Crippen molar-refractivity contribution in [3.8, 4) is 0 Å². The number of hydrogen-bond donors (Lipinski definition) is 3. The molecule has 2 rings (SSSR count). The van der Waals surface area contributed by atoms with Crippen LogP contribution in [0.4, 0.5) is 5.69 Å². The third kappa shape index (κ3) is 4.68. The second-order valence-electron chi connectivity index (χ2n) is 5.49. The summed E-state index contributed by atoms with van der Waals surface area (Å²) in [6.45, 7) is 2.48. The van der Waals surface area contributed by atoms with Gasteiger partial charge in [0.25, 0.3) is 11.8 Å². The topological polar surface area (TPSA) is 104 Å². The van der Waals surface area contributed by atoms with E-state index in [9.17, 15) is 18.0 Å². The summed E-state index contributed by atoms with van der Waals surface area (Å²) in [5.74, 6) is -0.789. The van der Waals surface area contributed by atoms with Crippen molar-refractivity contribution >= 4 is 27.5 Å². The van der Waals surface area contributed by atoms with Gasteiger partial charge < -0.3 is 10.6 Å². The first kappa shape index (κ1) is 19.6. The molecule has 0 radical (unpaired) electrons. The lowest BCUT2D eigenvalue weighted by Crippen LogP contribution is -2.26. The lowest BCUT2D eigenvalue weighted by Gasteiger charge is -2.12. The summed E-state index contributed by atoms with van der Waals surface area (Å²) in [5.41, 5.74) is 0.867. The maximum atomic E-state index is 12.5. The quantitative estimate of drug-likeness (QED) is 0.688. The predicted molar refractivity (Wildman–Crippen MR) is 99.7 cm³/mol. The van der Waals surface area contributed by atoms with Gasteiger partial charge in [-0.25, -0.2) is 13.1 Å². The van der Waals surface area contributed by atoms with Crippen LogP contribution in [0.5, 0.6) is 0 Å². The van der Waals surface area contributed by atoms with Gasteiger partial charge in [-0.3, -0.25) is 9.59 Å². The Morgan fingerprint density at radius 2 is 1.73 bits per heavy atom. The second kappa shape index (κ2) is 8.59. The molecule has 0 saturated heterocycles. The number of para-hydroxylation sites is 1. The minimum atomic E-state index is -3.65. The highest BCUT2D eigenvalue weighted by Gasteiger charge is 2.16. The standard InChI is InChI=1S/C18H21N3O4S/c1-3-11-20-18(23)15-9-4-5-10-16(15)21-17(22)13-7-6-8-14(12-13)26(24,25)19-2/h4-10,12,19H,3,11H2,1-2H3,(H,20,23)(H,21,22). The molecule has 8 heteroatoms. The largest absolute Gasteiger partial charge is 0.352 e. The molecule has 0 atom stereocenters. The molecule has 7 nitrogen and oxygen atoms in total. The van der Waals surface area contributed by atoms with Crippen LogP contribution in [0.3, 0.4) is 0 Å². The molecule has 0 aliphatic heterocycles. The minimum absolute atomic E-state index is 0.0124. The van der Waals surface area contributed by atoms with Crippen LogP contribution < -0.4 is 15.4 Å². The van der Waals surface area contributed by atoms with Gasteiger partial charge in [-0.05, 0) is 43.8 Å². The third-order valence-electron chi connectivity index (χ3n) is 3.63. The van der Waals surface area contributed by atoms with Gasteiger partial charge in [-0.15, -0.1) is 0 Å². The highest BCUT2D eigenvalue weighted by atomic mass is 32.2. The van der Waals surface area contributed by atoms with Gasteiger partial charge in [-0.1, -0.05) is 25.1 Å². The molecule has 0 saturated carbocycles. The van der Waals surface area contributed by atoms with E-state index in [1.807, 2.05) is 6.92 Å². The zero-order valence-corrected chi connectivity index (χ0v) is 15.4. The summed E-state index contributed by atoms with van der Waals surface area (Å²) in [6, 6.07) is 12.3. The van der Waals surface area contributed by atoms with Gasteiger partial charge in [0.05, 0.1) is 16.1 Å². The monoisotopic (exact) mass is 375 g/mol. The number of benzene rings is 2. The summed E-state index contributed by atoms with van der Waals surface area (Å²) in [7, 11) is -2.35. The Morgan fingerprint density at radius 3 is 2.42 bits per heavy atom. The van der Waals surface area contributed by atoms with E-state index in [2.05, 4.69) is 15.4 Å². The zero-order chi connectivity index (χ0) is 19.2. The summed E-state index contributed by atoms with van der Waals surface area (Å²) in [6.07, 6.45) is 0.799. The lowest BCUT2D eigenvalue weighted by molar-refractivity contribution is 0.0954. The van der Waals surface area contributed by atoms with Gasteiger partial charge in [0.1, 0.15) is 0 Å². The summed E-state index contributed by atoms with van der Waals surface area (Å²) >= 11 is 0. The van der Waals surface area contributed by atoms with E-state index in [-0.39, 0.29) is 16.4 Å². The molecule has 2 aromatic carbocycles. The Kier molecular flexibility index (Phi) is 6.48. The third-order valence-corrected chi connectivity index (χ3v) is 5.04. The number of amides is 2. The van der Waals surface area contributed by atoms with Crippen molar-refractivity contribution in [1.29, 1.82) is 0 Å². The molecule has 0 fully saturated rings. The molecule has 0 bridgehead atoms. The number of carbonyl (C=O) groups is 2. The Morgan fingerprint density at radius 1 is 1.00 bits per heavy atom. The van der Waals surface area contributed by atoms with Crippen LogP contribution in [0.2, 0.25) is 0 Å². The van der Waals surface area contributed by atoms with Gasteiger partial charge in [0, 0.05) is 12.1 Å². The van der Waals surface area contributed by atoms with Crippen LogP contribution in [0.1, 0.15) is 34.1 Å². The molecule has 0 aromatic heterocycles. The van der Waals surface area contributed by atoms with Crippen molar-refractivity contribution in [3.63, 3.8) is 0 Å². The second-order valence-corrected chi connectivity index (χ2v) is 7.38. The Bertz CT molecular complexity index is 910. The number of nitrogens with one attached hydrogen (secondary N) is 3. The highest BCUT2D eigenvalue weighted by molar-refractivity contribution is 7.89. The maximum absolute atomic E-state index is 12.5. The zero-order valence-electron chi connectivity index (χ0n) is 14.6. The van der Waals surface area contributed by atoms with Crippen molar-refractivity contribution in [3.05, 3.63) is 59.7 Å². The van der Waals surface area contributed by atoms with E-state index in [1.165, 1.54) is 31.3 Å². The minimum Gasteiger partial charge on any atom is -0.352 e. The molecule has 2 amide bonds. The van der Waals surface area contributed by atoms with Crippen molar-refractivity contribution in [2.45, 2.75) is 18.2 Å². The van der Waals surface area contributed by atoms with Crippen molar-refractivity contribution in [1.82, 2.24) is 10.0 Å². The Labute approximate surface area is 152 Å². The van der Waals surface area contributed by atoms with Gasteiger partial charge in [-0.2, -0.15) is 0 Å². The molecule has 3 N–H and O–H groups in total. The van der Waals surface area contributed by atoms with E-state index >= 15 is 0 Å². The molecule has 2 aromatic rings. The Balaban J connectivity index is 2.26. The fraction of sp³-hybridized carbons (Fsp3) is 0.222. The number of rotatable bonds is 7. The molecule has 0 unspecified atom stereocenters. The molecular formula is C18H21N3O4S. The maximum Gasteiger partial charge on any atom is 0.255 e. The first-order chi connectivity index (χ1) is 12.4. The van der Waals surface area contributed by atoms with E-state index in [0.717, 1.165) is 6.42 Å². The van der Waals surface area contributed by atoms with Crippen LogP contribution in [-0.4, -0.2) is 33.8 Å². The van der Waals surface area contributed by atoms with Crippen LogP contribution >= 0.6 is 0 Å². The van der Waals surface area contributed by atoms with Gasteiger partial charge >= 0.3 is 0 Å². The first-order valence-corrected chi connectivity index (χ1v) is 9.59. The average Bonchev–Trinajstić information content (AvgIpc) is 2.66.